The summed E-state index contributed by atoms with van der Waals surface area (Å²) in [6.45, 7) is 0. The smallest absolute Gasteiger partial charge is 0.266 e. The molecule has 0 bridgehead atoms. The second-order valence-corrected chi connectivity index (χ2v) is 7.99. The molecular formula is C23H16Cl2N2O3. The lowest BCUT2D eigenvalue weighted by molar-refractivity contribution is -0.126. The van der Waals surface area contributed by atoms with Crippen LogP contribution < -0.4 is 9.96 Å². The molecule has 0 aliphatic carbocycles. The number of hydrogen-bond donors (Lipinski definition) is 0. The minimum absolute atomic E-state index is 0.276. The maximum atomic E-state index is 13.5. The van der Waals surface area contributed by atoms with Gasteiger partial charge in [-0.2, -0.15) is 0 Å². The number of hydroxylamine groups is 1. The number of imide groups is 1. The first-order chi connectivity index (χ1) is 14.6. The number of benzene rings is 3. The lowest BCUT2D eigenvalue weighted by Gasteiger charge is -2.28. The average molecular weight is 439 g/mol. The Morgan fingerprint density at radius 3 is 2.07 bits per heavy atom. The predicted molar refractivity (Wildman–Crippen MR) is 115 cm³/mol. The molecule has 2 heterocycles. The molecule has 0 spiro atoms. The summed E-state index contributed by atoms with van der Waals surface area (Å²) >= 11 is 12.1. The van der Waals surface area contributed by atoms with E-state index < -0.39 is 24.0 Å². The van der Waals surface area contributed by atoms with Gasteiger partial charge in [0, 0.05) is 0 Å². The van der Waals surface area contributed by atoms with E-state index in [2.05, 4.69) is 0 Å². The molecule has 0 saturated carbocycles. The summed E-state index contributed by atoms with van der Waals surface area (Å²) in [4.78, 5) is 33.9. The highest BCUT2D eigenvalue weighted by molar-refractivity contribution is 6.42. The fourth-order valence-corrected chi connectivity index (χ4v) is 4.37. The number of fused-ring (bicyclic) bond motifs is 1. The van der Waals surface area contributed by atoms with Crippen LogP contribution in [0.3, 0.4) is 0 Å². The highest BCUT2D eigenvalue weighted by Crippen LogP contribution is 2.47. The van der Waals surface area contributed by atoms with Gasteiger partial charge in [0.1, 0.15) is 5.92 Å². The molecule has 7 heteroatoms. The molecule has 2 aliphatic heterocycles. The average Bonchev–Trinajstić information content (AvgIpc) is 3.28. The standard InChI is InChI=1S/C23H16Cl2N2O3/c24-17-12-11-16(13-18(17)25)26-22(28)19-20(14-7-3-1-4-8-14)27(30-21(19)23(26)29)15-9-5-2-6-10-15/h1-13,19-21H/t19-,20-,21-/m0/s1. The molecule has 0 N–H and O–H groups in total. The molecular weight excluding hydrogens is 423 g/mol. The van der Waals surface area contributed by atoms with Gasteiger partial charge < -0.3 is 0 Å². The Kier molecular flexibility index (Phi) is 4.74. The van der Waals surface area contributed by atoms with Gasteiger partial charge in [-0.15, -0.1) is 0 Å². The monoisotopic (exact) mass is 438 g/mol. The molecule has 3 aromatic carbocycles. The zero-order valence-corrected chi connectivity index (χ0v) is 17.1. The van der Waals surface area contributed by atoms with Crippen LogP contribution in [0.5, 0.6) is 0 Å². The van der Waals surface area contributed by atoms with Crippen LogP contribution >= 0.6 is 23.2 Å². The van der Waals surface area contributed by atoms with Gasteiger partial charge in [0.2, 0.25) is 5.91 Å². The summed E-state index contributed by atoms with van der Waals surface area (Å²) in [5, 5.41) is 2.30. The van der Waals surface area contributed by atoms with Gasteiger partial charge in [-0.3, -0.25) is 14.4 Å². The third-order valence-electron chi connectivity index (χ3n) is 5.43. The molecule has 30 heavy (non-hydrogen) atoms. The van der Waals surface area contributed by atoms with Gasteiger partial charge >= 0.3 is 0 Å². The third-order valence-corrected chi connectivity index (χ3v) is 6.17. The second kappa shape index (κ2) is 7.43. The molecule has 0 aromatic heterocycles. The van der Waals surface area contributed by atoms with E-state index in [9.17, 15) is 9.59 Å². The van der Waals surface area contributed by atoms with E-state index in [1.54, 1.807) is 17.2 Å². The highest BCUT2D eigenvalue weighted by Gasteiger charge is 2.60. The van der Waals surface area contributed by atoms with E-state index in [0.29, 0.717) is 10.7 Å². The number of amides is 2. The molecule has 5 rings (SSSR count). The first-order valence-electron chi connectivity index (χ1n) is 9.45. The molecule has 150 valence electrons. The Hall–Kier alpha value is -2.86. The van der Waals surface area contributed by atoms with Gasteiger partial charge in [-0.05, 0) is 35.9 Å². The minimum atomic E-state index is -0.919. The largest absolute Gasteiger partial charge is 0.273 e. The molecule has 5 nitrogen and oxygen atoms in total. The van der Waals surface area contributed by atoms with Crippen molar-refractivity contribution >= 4 is 46.4 Å². The number of carbonyl (C=O) groups excluding carboxylic acids is 2. The number of hydrogen-bond acceptors (Lipinski definition) is 4. The topological polar surface area (TPSA) is 49.9 Å². The van der Waals surface area contributed by atoms with Crippen LogP contribution in [-0.2, 0) is 14.4 Å². The third kappa shape index (κ3) is 2.98. The Balaban J connectivity index is 1.58. The van der Waals surface area contributed by atoms with E-state index >= 15 is 0 Å². The molecule has 0 unspecified atom stereocenters. The van der Waals surface area contributed by atoms with Crippen LogP contribution in [0.2, 0.25) is 10.0 Å². The van der Waals surface area contributed by atoms with Crippen LogP contribution in [0.4, 0.5) is 11.4 Å². The maximum absolute atomic E-state index is 13.5. The zero-order valence-electron chi connectivity index (χ0n) is 15.6. The van der Waals surface area contributed by atoms with Gasteiger partial charge in [0.15, 0.2) is 6.10 Å². The first-order valence-corrected chi connectivity index (χ1v) is 10.2. The van der Waals surface area contributed by atoms with Gasteiger partial charge in [0.25, 0.3) is 5.91 Å². The van der Waals surface area contributed by atoms with Crippen molar-refractivity contribution < 1.29 is 14.4 Å². The zero-order chi connectivity index (χ0) is 20.8. The SMILES string of the molecule is O=C1[C@@H]2[C@H](ON(c3ccccc3)[C@H]2c2ccccc2)C(=O)N1c1ccc(Cl)c(Cl)c1. The second-order valence-electron chi connectivity index (χ2n) is 7.18. The van der Waals surface area contributed by atoms with Gasteiger partial charge in [0.05, 0.1) is 27.5 Å². The Morgan fingerprint density at radius 2 is 1.40 bits per heavy atom. The summed E-state index contributed by atoms with van der Waals surface area (Å²) < 4.78 is 0. The van der Waals surface area contributed by atoms with Crippen molar-refractivity contribution in [3.8, 4) is 0 Å². The number of carbonyl (C=O) groups is 2. The van der Waals surface area contributed by atoms with E-state index in [-0.39, 0.29) is 10.9 Å². The minimum Gasteiger partial charge on any atom is -0.273 e. The highest BCUT2D eigenvalue weighted by atomic mass is 35.5. The number of halogens is 2. The molecule has 2 aliphatic rings. The number of anilines is 2. The molecule has 3 aromatic rings. The molecule has 2 amide bonds. The van der Waals surface area contributed by atoms with Crippen LogP contribution in [-0.4, -0.2) is 17.9 Å². The lowest BCUT2D eigenvalue weighted by atomic mass is 9.90. The van der Waals surface area contributed by atoms with E-state index in [1.807, 2.05) is 60.7 Å². The Bertz CT molecular complexity index is 1120. The summed E-state index contributed by atoms with van der Waals surface area (Å²) in [5.41, 5.74) is 2.06. The van der Waals surface area contributed by atoms with Crippen LogP contribution in [0, 0.1) is 5.92 Å². The quantitative estimate of drug-likeness (QED) is 0.537. The van der Waals surface area contributed by atoms with Crippen LogP contribution in [0.25, 0.3) is 0 Å². The fourth-order valence-electron chi connectivity index (χ4n) is 4.08. The van der Waals surface area contributed by atoms with Gasteiger partial charge in [-0.25, -0.2) is 9.96 Å². The van der Waals surface area contributed by atoms with Crippen LogP contribution in [0.15, 0.2) is 78.9 Å². The van der Waals surface area contributed by atoms with Crippen molar-refractivity contribution in [1.29, 1.82) is 0 Å². The summed E-state index contributed by atoms with van der Waals surface area (Å²) in [6, 6.07) is 23.3. The summed E-state index contributed by atoms with van der Waals surface area (Å²) in [7, 11) is 0. The predicted octanol–water partition coefficient (Wildman–Crippen LogP) is 5.04. The molecule has 2 saturated heterocycles. The summed E-state index contributed by atoms with van der Waals surface area (Å²) in [5.74, 6) is -1.42. The Labute approximate surface area is 183 Å². The summed E-state index contributed by atoms with van der Waals surface area (Å²) in [6.07, 6.45) is -0.919. The first kappa shape index (κ1) is 19.1. The van der Waals surface area contributed by atoms with Gasteiger partial charge in [-0.1, -0.05) is 71.7 Å². The number of nitrogens with zero attached hydrogens (tertiary/aromatic N) is 2. The van der Waals surface area contributed by atoms with Crippen molar-refractivity contribution in [2.24, 2.45) is 5.92 Å². The van der Waals surface area contributed by atoms with Crippen molar-refractivity contribution in [2.45, 2.75) is 12.1 Å². The fraction of sp³-hybridized carbons (Fsp3) is 0.130. The molecule has 0 radical (unpaired) electrons. The Morgan fingerprint density at radius 1 is 0.733 bits per heavy atom. The normalized spacial score (nSPS) is 23.2. The van der Waals surface area contributed by atoms with Crippen molar-refractivity contribution in [2.75, 3.05) is 9.96 Å². The van der Waals surface area contributed by atoms with E-state index in [0.717, 1.165) is 16.2 Å². The van der Waals surface area contributed by atoms with Crippen molar-refractivity contribution in [3.05, 3.63) is 94.5 Å². The van der Waals surface area contributed by atoms with E-state index in [4.69, 9.17) is 28.0 Å². The number of para-hydroxylation sites is 1. The van der Waals surface area contributed by atoms with E-state index in [1.165, 1.54) is 6.07 Å². The maximum Gasteiger partial charge on any atom is 0.266 e. The number of rotatable bonds is 3. The van der Waals surface area contributed by atoms with Crippen LogP contribution in [0.1, 0.15) is 11.6 Å². The molecule has 2 fully saturated rings. The lowest BCUT2D eigenvalue weighted by Crippen LogP contribution is -2.37. The van der Waals surface area contributed by atoms with Crippen molar-refractivity contribution in [1.82, 2.24) is 0 Å². The molecule has 3 atom stereocenters. The van der Waals surface area contributed by atoms with Crippen molar-refractivity contribution in [3.63, 3.8) is 0 Å².